The molecule has 1 amide bonds. The SMILES string of the molecule is CC(C)c1nccn1C(C)C(=O)NCc1ccc2c(c1)OCO2. The van der Waals surface area contributed by atoms with Crippen LogP contribution in [-0.2, 0) is 11.3 Å². The van der Waals surface area contributed by atoms with Crippen molar-refractivity contribution in [3.05, 3.63) is 42.0 Å². The molecule has 1 unspecified atom stereocenters. The number of fused-ring (bicyclic) bond motifs is 1. The number of carbonyl (C=O) groups excluding carboxylic acids is 1. The van der Waals surface area contributed by atoms with Crippen LogP contribution in [0.1, 0.15) is 44.1 Å². The van der Waals surface area contributed by atoms with E-state index >= 15 is 0 Å². The Morgan fingerprint density at radius 3 is 2.87 bits per heavy atom. The number of hydrogen-bond acceptors (Lipinski definition) is 4. The highest BCUT2D eigenvalue weighted by Gasteiger charge is 2.19. The number of ether oxygens (including phenoxy) is 2. The lowest BCUT2D eigenvalue weighted by Crippen LogP contribution is -2.31. The van der Waals surface area contributed by atoms with Gasteiger partial charge in [-0.1, -0.05) is 19.9 Å². The summed E-state index contributed by atoms with van der Waals surface area (Å²) >= 11 is 0. The van der Waals surface area contributed by atoms with Crippen molar-refractivity contribution in [2.45, 2.75) is 39.3 Å². The summed E-state index contributed by atoms with van der Waals surface area (Å²) in [5.41, 5.74) is 0.976. The molecule has 6 nitrogen and oxygen atoms in total. The van der Waals surface area contributed by atoms with Crippen molar-refractivity contribution in [1.29, 1.82) is 0 Å². The Morgan fingerprint density at radius 2 is 2.09 bits per heavy atom. The lowest BCUT2D eigenvalue weighted by molar-refractivity contribution is -0.124. The lowest BCUT2D eigenvalue weighted by Gasteiger charge is -2.18. The first-order valence-electron chi connectivity index (χ1n) is 7.75. The summed E-state index contributed by atoms with van der Waals surface area (Å²) in [5.74, 6) is 2.61. The van der Waals surface area contributed by atoms with Crippen molar-refractivity contribution in [2.24, 2.45) is 0 Å². The first-order valence-corrected chi connectivity index (χ1v) is 7.75. The molecule has 0 fully saturated rings. The molecule has 1 aromatic heterocycles. The van der Waals surface area contributed by atoms with Crippen LogP contribution in [0.5, 0.6) is 11.5 Å². The molecule has 0 spiro atoms. The number of carbonyl (C=O) groups is 1. The average molecular weight is 315 g/mol. The highest BCUT2D eigenvalue weighted by molar-refractivity contribution is 5.80. The number of amides is 1. The number of hydrogen-bond donors (Lipinski definition) is 1. The molecule has 0 aliphatic carbocycles. The zero-order chi connectivity index (χ0) is 16.4. The number of benzene rings is 1. The zero-order valence-electron chi connectivity index (χ0n) is 13.6. The fourth-order valence-electron chi connectivity index (χ4n) is 2.61. The smallest absolute Gasteiger partial charge is 0.243 e. The monoisotopic (exact) mass is 315 g/mol. The van der Waals surface area contributed by atoms with E-state index in [1.54, 1.807) is 6.20 Å². The maximum Gasteiger partial charge on any atom is 0.243 e. The Morgan fingerprint density at radius 1 is 1.30 bits per heavy atom. The minimum absolute atomic E-state index is 0.0393. The van der Waals surface area contributed by atoms with E-state index < -0.39 is 0 Å². The summed E-state index contributed by atoms with van der Waals surface area (Å²) < 4.78 is 12.5. The second-order valence-electron chi connectivity index (χ2n) is 5.93. The second kappa shape index (κ2) is 6.32. The molecule has 1 N–H and O–H groups in total. The van der Waals surface area contributed by atoms with Gasteiger partial charge in [-0.3, -0.25) is 4.79 Å². The van der Waals surface area contributed by atoms with Crippen molar-refractivity contribution < 1.29 is 14.3 Å². The maximum absolute atomic E-state index is 12.4. The third-order valence-electron chi connectivity index (χ3n) is 3.92. The quantitative estimate of drug-likeness (QED) is 0.921. The van der Waals surface area contributed by atoms with Crippen molar-refractivity contribution in [2.75, 3.05) is 6.79 Å². The van der Waals surface area contributed by atoms with Gasteiger partial charge < -0.3 is 19.4 Å². The highest BCUT2D eigenvalue weighted by atomic mass is 16.7. The van der Waals surface area contributed by atoms with Gasteiger partial charge in [0.25, 0.3) is 0 Å². The first-order chi connectivity index (χ1) is 11.1. The molecule has 0 saturated carbocycles. The molecule has 122 valence electrons. The van der Waals surface area contributed by atoms with Crippen LogP contribution in [0.2, 0.25) is 0 Å². The van der Waals surface area contributed by atoms with Crippen LogP contribution in [0.4, 0.5) is 0 Å². The normalized spacial score (nSPS) is 14.1. The Hall–Kier alpha value is -2.50. The van der Waals surface area contributed by atoms with Crippen molar-refractivity contribution in [3.63, 3.8) is 0 Å². The van der Waals surface area contributed by atoms with Crippen molar-refractivity contribution >= 4 is 5.91 Å². The van der Waals surface area contributed by atoms with E-state index in [1.165, 1.54) is 0 Å². The molecule has 0 bridgehead atoms. The van der Waals surface area contributed by atoms with Gasteiger partial charge in [0, 0.05) is 24.9 Å². The second-order valence-corrected chi connectivity index (χ2v) is 5.93. The van der Waals surface area contributed by atoms with Crippen LogP contribution in [0.15, 0.2) is 30.6 Å². The highest BCUT2D eigenvalue weighted by Crippen LogP contribution is 2.32. The number of nitrogens with one attached hydrogen (secondary N) is 1. The van der Waals surface area contributed by atoms with E-state index in [1.807, 2.05) is 35.9 Å². The number of nitrogens with zero attached hydrogens (tertiary/aromatic N) is 2. The van der Waals surface area contributed by atoms with Gasteiger partial charge in [-0.2, -0.15) is 0 Å². The van der Waals surface area contributed by atoms with Gasteiger partial charge >= 0.3 is 0 Å². The van der Waals surface area contributed by atoms with Crippen LogP contribution in [-0.4, -0.2) is 22.3 Å². The van der Waals surface area contributed by atoms with E-state index in [9.17, 15) is 4.79 Å². The van der Waals surface area contributed by atoms with Crippen LogP contribution < -0.4 is 14.8 Å². The summed E-state index contributed by atoms with van der Waals surface area (Å²) in [6, 6.07) is 5.38. The molecule has 1 atom stereocenters. The fourth-order valence-corrected chi connectivity index (χ4v) is 2.61. The summed E-state index contributed by atoms with van der Waals surface area (Å²) in [7, 11) is 0. The van der Waals surface area contributed by atoms with Crippen LogP contribution in [0, 0.1) is 0 Å². The summed E-state index contributed by atoms with van der Waals surface area (Å²) in [6.07, 6.45) is 3.58. The van der Waals surface area contributed by atoms with E-state index in [0.29, 0.717) is 6.54 Å². The lowest BCUT2D eigenvalue weighted by atomic mass is 10.1. The fraction of sp³-hybridized carbons (Fsp3) is 0.412. The minimum atomic E-state index is -0.302. The van der Waals surface area contributed by atoms with E-state index in [2.05, 4.69) is 24.1 Å². The third-order valence-corrected chi connectivity index (χ3v) is 3.92. The molecule has 23 heavy (non-hydrogen) atoms. The molecule has 1 aliphatic heterocycles. The largest absolute Gasteiger partial charge is 0.454 e. The van der Waals surface area contributed by atoms with Gasteiger partial charge in [0.2, 0.25) is 12.7 Å². The van der Waals surface area contributed by atoms with Gasteiger partial charge in [-0.15, -0.1) is 0 Å². The predicted octanol–water partition coefficient (Wildman–Crippen LogP) is 2.61. The molecular weight excluding hydrogens is 294 g/mol. The summed E-state index contributed by atoms with van der Waals surface area (Å²) in [6.45, 7) is 6.71. The Balaban J connectivity index is 1.64. The topological polar surface area (TPSA) is 65.4 Å². The summed E-state index contributed by atoms with van der Waals surface area (Å²) in [5, 5.41) is 2.96. The number of rotatable bonds is 5. The van der Waals surface area contributed by atoms with Gasteiger partial charge in [-0.05, 0) is 24.6 Å². The molecule has 6 heteroatoms. The van der Waals surface area contributed by atoms with Gasteiger partial charge in [0.1, 0.15) is 11.9 Å². The molecule has 0 radical (unpaired) electrons. The van der Waals surface area contributed by atoms with Gasteiger partial charge in [0.15, 0.2) is 11.5 Å². The standard InChI is InChI=1S/C17H21N3O3/c1-11(2)16-18-6-7-20(16)12(3)17(21)19-9-13-4-5-14-15(8-13)23-10-22-14/h4-8,11-12H,9-10H2,1-3H3,(H,19,21). The summed E-state index contributed by atoms with van der Waals surface area (Å²) in [4.78, 5) is 16.7. The third kappa shape index (κ3) is 3.16. The molecule has 2 heterocycles. The van der Waals surface area contributed by atoms with Crippen LogP contribution in [0.25, 0.3) is 0 Å². The Bertz CT molecular complexity index is 709. The number of aromatic nitrogens is 2. The average Bonchev–Trinajstić information content (AvgIpc) is 3.19. The van der Waals surface area contributed by atoms with E-state index in [0.717, 1.165) is 22.9 Å². The van der Waals surface area contributed by atoms with Crippen LogP contribution in [0.3, 0.4) is 0 Å². The van der Waals surface area contributed by atoms with E-state index in [-0.39, 0.29) is 24.7 Å². The first kappa shape index (κ1) is 15.4. The Labute approximate surface area is 135 Å². The minimum Gasteiger partial charge on any atom is -0.454 e. The zero-order valence-corrected chi connectivity index (χ0v) is 13.6. The van der Waals surface area contributed by atoms with Gasteiger partial charge in [-0.25, -0.2) is 4.98 Å². The number of imidazole rings is 1. The van der Waals surface area contributed by atoms with E-state index in [4.69, 9.17) is 9.47 Å². The van der Waals surface area contributed by atoms with Crippen molar-refractivity contribution in [1.82, 2.24) is 14.9 Å². The molecule has 1 aliphatic rings. The molecule has 1 aromatic carbocycles. The Kier molecular flexibility index (Phi) is 4.23. The van der Waals surface area contributed by atoms with Crippen LogP contribution >= 0.6 is 0 Å². The maximum atomic E-state index is 12.4. The molecule has 0 saturated heterocycles. The molecule has 2 aromatic rings. The molecular formula is C17H21N3O3. The molecule has 3 rings (SSSR count). The van der Waals surface area contributed by atoms with Crippen molar-refractivity contribution in [3.8, 4) is 11.5 Å². The van der Waals surface area contributed by atoms with Gasteiger partial charge in [0.05, 0.1) is 0 Å². The predicted molar refractivity (Wildman–Crippen MR) is 85.4 cm³/mol.